The van der Waals surface area contributed by atoms with Crippen molar-refractivity contribution in [3.63, 3.8) is 0 Å². The van der Waals surface area contributed by atoms with Crippen LogP contribution >= 0.6 is 24.0 Å². The van der Waals surface area contributed by atoms with Gasteiger partial charge >= 0.3 is 0 Å². The molecule has 1 atom stereocenters. The zero-order valence-electron chi connectivity index (χ0n) is 16.3. The third-order valence-corrected chi connectivity index (χ3v) is 4.59. The van der Waals surface area contributed by atoms with Gasteiger partial charge in [-0.25, -0.2) is 0 Å². The lowest BCUT2D eigenvalue weighted by Crippen LogP contribution is -2.38. The lowest BCUT2D eigenvalue weighted by Gasteiger charge is -2.15. The Labute approximate surface area is 175 Å². The van der Waals surface area contributed by atoms with E-state index >= 15 is 0 Å². The predicted molar refractivity (Wildman–Crippen MR) is 119 cm³/mol. The topological polar surface area (TPSA) is 54.9 Å². The summed E-state index contributed by atoms with van der Waals surface area (Å²) in [6, 6.07) is 8.31. The van der Waals surface area contributed by atoms with E-state index in [9.17, 15) is 0 Å². The summed E-state index contributed by atoms with van der Waals surface area (Å²) in [5.74, 6) is 3.10. The summed E-state index contributed by atoms with van der Waals surface area (Å²) in [6.07, 6.45) is 4.76. The maximum Gasteiger partial charge on any atom is 0.190 e. The average molecular weight is 475 g/mol. The number of nitrogens with one attached hydrogen (secondary N) is 2. The van der Waals surface area contributed by atoms with Gasteiger partial charge in [-0.1, -0.05) is 19.1 Å². The first-order valence-electron chi connectivity index (χ1n) is 9.39. The third-order valence-electron chi connectivity index (χ3n) is 4.59. The molecule has 1 aromatic rings. The minimum atomic E-state index is 0. The fraction of sp³-hybridized carbons (Fsp3) is 0.650. The lowest BCUT2D eigenvalue weighted by molar-refractivity contribution is 0.123. The van der Waals surface area contributed by atoms with Crippen LogP contribution in [0.1, 0.15) is 44.1 Å². The molecule has 1 aliphatic carbocycles. The summed E-state index contributed by atoms with van der Waals surface area (Å²) < 4.78 is 10.8. The van der Waals surface area contributed by atoms with Crippen molar-refractivity contribution in [2.24, 2.45) is 10.9 Å². The molecule has 0 bridgehead atoms. The number of guanidine groups is 1. The molecule has 1 aromatic carbocycles. The first-order chi connectivity index (χ1) is 12.2. The molecule has 0 amide bonds. The second kappa shape index (κ2) is 13.2. The van der Waals surface area contributed by atoms with E-state index in [4.69, 9.17) is 9.47 Å². The average Bonchev–Trinajstić information content (AvgIpc) is 3.47. The lowest BCUT2D eigenvalue weighted by atomic mass is 9.98. The molecule has 5 nitrogen and oxygen atoms in total. The maximum absolute atomic E-state index is 5.64. The monoisotopic (exact) mass is 475 g/mol. The van der Waals surface area contributed by atoms with Crippen LogP contribution in [0, 0.1) is 5.92 Å². The van der Waals surface area contributed by atoms with Crippen LogP contribution in [0.4, 0.5) is 0 Å². The molecule has 6 heteroatoms. The summed E-state index contributed by atoms with van der Waals surface area (Å²) in [6.45, 7) is 5.80. The summed E-state index contributed by atoms with van der Waals surface area (Å²) >= 11 is 0. The highest BCUT2D eigenvalue weighted by molar-refractivity contribution is 14.0. The van der Waals surface area contributed by atoms with Crippen LogP contribution in [0.5, 0.6) is 5.75 Å². The van der Waals surface area contributed by atoms with Crippen LogP contribution in [0.15, 0.2) is 29.3 Å². The Morgan fingerprint density at radius 1 is 1.19 bits per heavy atom. The highest BCUT2D eigenvalue weighted by atomic mass is 127. The van der Waals surface area contributed by atoms with E-state index in [0.29, 0.717) is 5.92 Å². The molecule has 1 unspecified atom stereocenters. The molecule has 1 aliphatic rings. The Morgan fingerprint density at radius 3 is 2.50 bits per heavy atom. The second-order valence-corrected chi connectivity index (χ2v) is 6.76. The van der Waals surface area contributed by atoms with E-state index in [2.05, 4.69) is 34.7 Å². The Morgan fingerprint density at radius 2 is 1.88 bits per heavy atom. The Balaban J connectivity index is 0.00000338. The third kappa shape index (κ3) is 9.07. The molecule has 0 aliphatic heterocycles. The molecule has 1 fully saturated rings. The van der Waals surface area contributed by atoms with E-state index in [1.807, 2.05) is 19.2 Å². The second-order valence-electron chi connectivity index (χ2n) is 6.76. The summed E-state index contributed by atoms with van der Waals surface area (Å²) in [5, 5.41) is 6.73. The van der Waals surface area contributed by atoms with Crippen molar-refractivity contribution in [3.05, 3.63) is 29.8 Å². The first kappa shape index (κ1) is 23.0. The summed E-state index contributed by atoms with van der Waals surface area (Å²) in [7, 11) is 3.51. The van der Waals surface area contributed by atoms with Gasteiger partial charge < -0.3 is 20.1 Å². The Hall–Kier alpha value is -1.02. The Kier molecular flexibility index (Phi) is 11.7. The van der Waals surface area contributed by atoms with Crippen molar-refractivity contribution >= 4 is 29.9 Å². The van der Waals surface area contributed by atoms with Crippen molar-refractivity contribution in [3.8, 4) is 5.75 Å². The van der Waals surface area contributed by atoms with Gasteiger partial charge in [0, 0.05) is 33.4 Å². The molecule has 2 rings (SSSR count). The largest absolute Gasteiger partial charge is 0.497 e. The number of aliphatic imine (C=N–C) groups is 1. The normalized spacial score (nSPS) is 15.1. The number of ether oxygens (including phenoxy) is 2. The number of benzene rings is 1. The van der Waals surface area contributed by atoms with E-state index in [1.165, 1.54) is 18.4 Å². The SMILES string of the molecule is CN=C(NCCCOCC1CC1)NCCC(C)c1ccc(OC)cc1.I. The number of halogens is 1. The molecule has 0 heterocycles. The van der Waals surface area contributed by atoms with E-state index in [1.54, 1.807) is 7.11 Å². The maximum atomic E-state index is 5.64. The van der Waals surface area contributed by atoms with Crippen LogP contribution < -0.4 is 15.4 Å². The zero-order chi connectivity index (χ0) is 17.9. The molecule has 0 aromatic heterocycles. The van der Waals surface area contributed by atoms with Gasteiger partial charge in [-0.05, 0) is 55.2 Å². The van der Waals surface area contributed by atoms with Crippen molar-refractivity contribution in [1.29, 1.82) is 0 Å². The predicted octanol–water partition coefficient (Wildman–Crippen LogP) is 3.79. The van der Waals surface area contributed by atoms with E-state index in [-0.39, 0.29) is 24.0 Å². The van der Waals surface area contributed by atoms with Crippen molar-refractivity contribution in [1.82, 2.24) is 10.6 Å². The van der Waals surface area contributed by atoms with Crippen LogP contribution in [-0.4, -0.2) is 46.4 Å². The molecule has 26 heavy (non-hydrogen) atoms. The molecule has 148 valence electrons. The van der Waals surface area contributed by atoms with Gasteiger partial charge in [-0.2, -0.15) is 0 Å². The quantitative estimate of drug-likeness (QED) is 0.221. The number of hydrogen-bond acceptors (Lipinski definition) is 3. The number of hydrogen-bond donors (Lipinski definition) is 2. The standard InChI is InChI=1S/C20H33N3O2.HI/c1-16(18-7-9-19(24-3)10-8-18)11-13-23-20(21-2)22-12-4-14-25-15-17-5-6-17;/h7-10,16-17H,4-6,11-15H2,1-3H3,(H2,21,22,23);1H. The highest BCUT2D eigenvalue weighted by Gasteiger charge is 2.20. The van der Waals surface area contributed by atoms with Gasteiger partial charge in [0.25, 0.3) is 0 Å². The van der Waals surface area contributed by atoms with Gasteiger partial charge in [0.2, 0.25) is 0 Å². The fourth-order valence-corrected chi connectivity index (χ4v) is 2.64. The Bertz CT molecular complexity index is 518. The van der Waals surface area contributed by atoms with E-state index in [0.717, 1.165) is 56.8 Å². The fourth-order valence-electron chi connectivity index (χ4n) is 2.64. The molecule has 0 saturated heterocycles. The van der Waals surface area contributed by atoms with Gasteiger partial charge in [-0.15, -0.1) is 24.0 Å². The molecular formula is C20H34IN3O2. The molecule has 0 radical (unpaired) electrons. The number of nitrogens with zero attached hydrogens (tertiary/aromatic N) is 1. The van der Waals surface area contributed by atoms with Gasteiger partial charge in [0.15, 0.2) is 5.96 Å². The molecular weight excluding hydrogens is 441 g/mol. The smallest absolute Gasteiger partial charge is 0.190 e. The van der Waals surface area contributed by atoms with Crippen LogP contribution in [0.3, 0.4) is 0 Å². The van der Waals surface area contributed by atoms with Crippen LogP contribution in [0.2, 0.25) is 0 Å². The van der Waals surface area contributed by atoms with Gasteiger partial charge in [-0.3, -0.25) is 4.99 Å². The van der Waals surface area contributed by atoms with Crippen molar-refractivity contribution in [2.75, 3.05) is 40.5 Å². The molecule has 0 spiro atoms. The van der Waals surface area contributed by atoms with Crippen molar-refractivity contribution in [2.45, 2.75) is 38.5 Å². The number of rotatable bonds is 11. The minimum absolute atomic E-state index is 0. The minimum Gasteiger partial charge on any atom is -0.497 e. The van der Waals surface area contributed by atoms with Gasteiger partial charge in [0.05, 0.1) is 7.11 Å². The first-order valence-corrected chi connectivity index (χ1v) is 9.39. The zero-order valence-corrected chi connectivity index (χ0v) is 18.6. The van der Waals surface area contributed by atoms with Crippen LogP contribution in [-0.2, 0) is 4.74 Å². The molecule has 2 N–H and O–H groups in total. The van der Waals surface area contributed by atoms with E-state index < -0.39 is 0 Å². The summed E-state index contributed by atoms with van der Waals surface area (Å²) in [5.41, 5.74) is 1.33. The van der Waals surface area contributed by atoms with Crippen molar-refractivity contribution < 1.29 is 9.47 Å². The van der Waals surface area contributed by atoms with Gasteiger partial charge in [0.1, 0.15) is 5.75 Å². The van der Waals surface area contributed by atoms with Crippen LogP contribution in [0.25, 0.3) is 0 Å². The number of methoxy groups -OCH3 is 1. The highest BCUT2D eigenvalue weighted by Crippen LogP contribution is 2.28. The molecule has 1 saturated carbocycles. The summed E-state index contributed by atoms with van der Waals surface area (Å²) in [4.78, 5) is 4.27.